The van der Waals surface area contributed by atoms with Crippen LogP contribution in [0, 0.1) is 0 Å². The molecular weight excluding hydrogens is 324 g/mol. The zero-order valence-corrected chi connectivity index (χ0v) is 15.2. The number of hydrogen-bond acceptors (Lipinski definition) is 2. The van der Waals surface area contributed by atoms with Crippen molar-refractivity contribution < 1.29 is 4.79 Å². The Morgan fingerprint density at radius 3 is 2.58 bits per heavy atom. The number of nitrogens with one attached hydrogen (secondary N) is 2. The number of carbonyl (C=O) groups is 1. The van der Waals surface area contributed by atoms with Gasteiger partial charge in [-0.1, -0.05) is 49.4 Å². The molecule has 0 saturated heterocycles. The van der Waals surface area contributed by atoms with E-state index in [1.807, 2.05) is 30.3 Å². The first-order chi connectivity index (χ1) is 12.6. The summed E-state index contributed by atoms with van der Waals surface area (Å²) in [6, 6.07) is 18.1. The second-order valence-corrected chi connectivity index (χ2v) is 6.74. The minimum atomic E-state index is -0.0354. The van der Waals surface area contributed by atoms with E-state index in [1.165, 1.54) is 5.56 Å². The third-order valence-corrected chi connectivity index (χ3v) is 4.86. The van der Waals surface area contributed by atoms with Crippen LogP contribution in [0.15, 0.2) is 59.4 Å². The van der Waals surface area contributed by atoms with Gasteiger partial charge in [-0.05, 0) is 41.0 Å². The van der Waals surface area contributed by atoms with Crippen molar-refractivity contribution in [2.24, 2.45) is 0 Å². The van der Waals surface area contributed by atoms with Crippen molar-refractivity contribution in [3.63, 3.8) is 0 Å². The Morgan fingerprint density at radius 2 is 1.85 bits per heavy atom. The van der Waals surface area contributed by atoms with Gasteiger partial charge in [0, 0.05) is 31.0 Å². The molecule has 1 aromatic heterocycles. The van der Waals surface area contributed by atoms with Crippen LogP contribution in [0.25, 0.3) is 10.9 Å². The molecule has 0 aliphatic heterocycles. The Balaban J connectivity index is 1.72. The number of aromatic nitrogens is 1. The van der Waals surface area contributed by atoms with E-state index < -0.39 is 0 Å². The number of aromatic amines is 1. The second kappa shape index (κ2) is 8.00. The first-order valence-electron chi connectivity index (χ1n) is 8.97. The number of hydrogen-bond donors (Lipinski definition) is 2. The van der Waals surface area contributed by atoms with Gasteiger partial charge in [0.15, 0.2) is 0 Å². The number of pyridine rings is 1. The fraction of sp³-hybridized carbons (Fsp3) is 0.273. The van der Waals surface area contributed by atoms with Gasteiger partial charge >= 0.3 is 0 Å². The Hall–Kier alpha value is -2.88. The largest absolute Gasteiger partial charge is 0.359 e. The Bertz CT molecular complexity index is 958. The maximum absolute atomic E-state index is 12.3. The van der Waals surface area contributed by atoms with Crippen LogP contribution in [-0.2, 0) is 11.2 Å². The van der Waals surface area contributed by atoms with Crippen molar-refractivity contribution in [1.29, 1.82) is 0 Å². The van der Waals surface area contributed by atoms with E-state index in [1.54, 1.807) is 7.05 Å². The highest BCUT2D eigenvalue weighted by Gasteiger charge is 2.09. The molecule has 0 bridgehead atoms. The van der Waals surface area contributed by atoms with Crippen LogP contribution < -0.4 is 10.9 Å². The quantitative estimate of drug-likeness (QED) is 0.713. The molecule has 3 aromatic rings. The molecule has 0 aliphatic rings. The van der Waals surface area contributed by atoms with E-state index in [9.17, 15) is 9.59 Å². The van der Waals surface area contributed by atoms with E-state index in [-0.39, 0.29) is 11.5 Å². The highest BCUT2D eigenvalue weighted by Crippen LogP contribution is 2.22. The summed E-state index contributed by atoms with van der Waals surface area (Å²) >= 11 is 0. The van der Waals surface area contributed by atoms with Gasteiger partial charge in [0.2, 0.25) is 5.91 Å². The zero-order valence-electron chi connectivity index (χ0n) is 15.2. The molecule has 1 heterocycles. The molecule has 26 heavy (non-hydrogen) atoms. The summed E-state index contributed by atoms with van der Waals surface area (Å²) in [5, 5.41) is 3.70. The van der Waals surface area contributed by atoms with Gasteiger partial charge in [-0.3, -0.25) is 9.59 Å². The summed E-state index contributed by atoms with van der Waals surface area (Å²) in [6.07, 6.45) is 1.96. The predicted octanol–water partition coefficient (Wildman–Crippen LogP) is 3.75. The SMILES string of the molecule is CNC(=O)CCC(C)c1ccc(Cc2cc3ccccc3[nH]c2=O)cc1. The van der Waals surface area contributed by atoms with E-state index in [2.05, 4.69) is 41.5 Å². The van der Waals surface area contributed by atoms with Crippen molar-refractivity contribution in [3.8, 4) is 0 Å². The molecule has 0 aliphatic carbocycles. The van der Waals surface area contributed by atoms with Crippen LogP contribution >= 0.6 is 0 Å². The molecule has 2 aromatic carbocycles. The van der Waals surface area contributed by atoms with E-state index in [0.29, 0.717) is 18.8 Å². The molecule has 134 valence electrons. The molecule has 0 spiro atoms. The highest BCUT2D eigenvalue weighted by atomic mass is 16.1. The molecule has 3 rings (SSSR count). The van der Waals surface area contributed by atoms with Gasteiger partial charge in [-0.2, -0.15) is 0 Å². The Kier molecular flexibility index (Phi) is 5.52. The lowest BCUT2D eigenvalue weighted by molar-refractivity contribution is -0.120. The summed E-state index contributed by atoms with van der Waals surface area (Å²) < 4.78 is 0. The van der Waals surface area contributed by atoms with Crippen molar-refractivity contribution in [2.45, 2.75) is 32.1 Å². The lowest BCUT2D eigenvalue weighted by Gasteiger charge is -2.12. The molecule has 1 unspecified atom stereocenters. The number of para-hydroxylation sites is 1. The van der Waals surface area contributed by atoms with Crippen LogP contribution in [0.1, 0.15) is 42.4 Å². The summed E-state index contributed by atoms with van der Waals surface area (Å²) in [4.78, 5) is 26.6. The standard InChI is InChI=1S/C22H24N2O2/c1-15(7-12-21(25)23-2)17-10-8-16(9-11-17)13-19-14-18-5-3-4-6-20(18)24-22(19)26/h3-6,8-11,14-15H,7,12-13H2,1-2H3,(H,23,25)(H,24,26). The molecule has 4 heteroatoms. The third-order valence-electron chi connectivity index (χ3n) is 4.86. The average Bonchev–Trinajstić information content (AvgIpc) is 2.67. The van der Waals surface area contributed by atoms with Gasteiger partial charge in [0.25, 0.3) is 5.56 Å². The van der Waals surface area contributed by atoms with E-state index in [0.717, 1.165) is 28.5 Å². The second-order valence-electron chi connectivity index (χ2n) is 6.74. The molecule has 1 amide bonds. The number of amides is 1. The summed E-state index contributed by atoms with van der Waals surface area (Å²) in [7, 11) is 1.66. The zero-order chi connectivity index (χ0) is 18.5. The minimum absolute atomic E-state index is 0.0354. The van der Waals surface area contributed by atoms with Crippen LogP contribution in [0.3, 0.4) is 0 Å². The van der Waals surface area contributed by atoms with Gasteiger partial charge < -0.3 is 10.3 Å². The van der Waals surface area contributed by atoms with Crippen LogP contribution in [0.5, 0.6) is 0 Å². The molecule has 1 atom stereocenters. The fourth-order valence-electron chi connectivity index (χ4n) is 3.15. The molecule has 2 N–H and O–H groups in total. The van der Waals surface area contributed by atoms with E-state index in [4.69, 9.17) is 0 Å². The number of fused-ring (bicyclic) bond motifs is 1. The molecule has 4 nitrogen and oxygen atoms in total. The first-order valence-corrected chi connectivity index (χ1v) is 8.97. The fourth-order valence-corrected chi connectivity index (χ4v) is 3.15. The normalized spacial score (nSPS) is 12.1. The lowest BCUT2D eigenvalue weighted by atomic mass is 9.94. The molecule has 0 saturated carbocycles. The monoisotopic (exact) mass is 348 g/mol. The summed E-state index contributed by atoms with van der Waals surface area (Å²) in [5.74, 6) is 0.398. The average molecular weight is 348 g/mol. The maximum atomic E-state index is 12.3. The van der Waals surface area contributed by atoms with Crippen LogP contribution in [0.2, 0.25) is 0 Å². The van der Waals surface area contributed by atoms with Crippen molar-refractivity contribution in [3.05, 3.63) is 81.6 Å². The maximum Gasteiger partial charge on any atom is 0.251 e. The Morgan fingerprint density at radius 1 is 1.12 bits per heavy atom. The van der Waals surface area contributed by atoms with Gasteiger partial charge in [-0.15, -0.1) is 0 Å². The van der Waals surface area contributed by atoms with Crippen LogP contribution in [0.4, 0.5) is 0 Å². The number of H-pyrrole nitrogens is 1. The summed E-state index contributed by atoms with van der Waals surface area (Å²) in [5.41, 5.74) is 3.91. The minimum Gasteiger partial charge on any atom is -0.359 e. The Labute approximate surface area is 153 Å². The van der Waals surface area contributed by atoms with Gasteiger partial charge in [0.05, 0.1) is 0 Å². The predicted molar refractivity (Wildman–Crippen MR) is 106 cm³/mol. The van der Waals surface area contributed by atoms with Crippen molar-refractivity contribution >= 4 is 16.8 Å². The summed E-state index contributed by atoms with van der Waals surface area (Å²) in [6.45, 7) is 2.13. The van der Waals surface area contributed by atoms with Crippen LogP contribution in [-0.4, -0.2) is 17.9 Å². The number of rotatable bonds is 6. The third kappa shape index (κ3) is 4.20. The molecular formula is C22H24N2O2. The van der Waals surface area contributed by atoms with Gasteiger partial charge in [0.1, 0.15) is 0 Å². The molecule has 0 fully saturated rings. The van der Waals surface area contributed by atoms with Crippen molar-refractivity contribution in [1.82, 2.24) is 10.3 Å². The topological polar surface area (TPSA) is 62.0 Å². The van der Waals surface area contributed by atoms with Crippen molar-refractivity contribution in [2.75, 3.05) is 7.05 Å². The number of benzene rings is 2. The number of carbonyl (C=O) groups excluding carboxylic acids is 1. The highest BCUT2D eigenvalue weighted by molar-refractivity contribution is 5.78. The smallest absolute Gasteiger partial charge is 0.251 e. The van der Waals surface area contributed by atoms with Gasteiger partial charge in [-0.25, -0.2) is 0 Å². The first kappa shape index (κ1) is 17.9. The lowest BCUT2D eigenvalue weighted by Crippen LogP contribution is -2.17. The van der Waals surface area contributed by atoms with E-state index >= 15 is 0 Å². The molecule has 0 radical (unpaired) electrons.